The van der Waals surface area contributed by atoms with Crippen LogP contribution in [-0.2, 0) is 19.4 Å². The lowest BCUT2D eigenvalue weighted by Gasteiger charge is -2.31. The highest BCUT2D eigenvalue weighted by molar-refractivity contribution is 7.90. The number of carbonyl (C=O) groups is 1. The topological polar surface area (TPSA) is 142 Å². The standard InChI is InChI=1S/C27H31N5O6S/c1-16(33)29-23-12-21(19(13-28-23)20-7-8-22-26(31-20)37-15-27(2,3)38-22)30-24-10-18(17-6-5-9-36-14-17)11-25(32-24)39(4,34)35/h7-8,10-13,17H,5-6,9,14-15H2,1-4H3,(H2,28,29,30,32,33)/t17-/m0/s1. The van der Waals surface area contributed by atoms with Gasteiger partial charge in [-0.05, 0) is 56.5 Å². The summed E-state index contributed by atoms with van der Waals surface area (Å²) in [6, 6.07) is 8.66. The molecule has 206 valence electrons. The van der Waals surface area contributed by atoms with E-state index in [1.54, 1.807) is 30.5 Å². The molecule has 1 saturated heterocycles. The monoisotopic (exact) mass is 553 g/mol. The second-order valence-electron chi connectivity index (χ2n) is 10.4. The molecule has 0 bridgehead atoms. The van der Waals surface area contributed by atoms with Crippen molar-refractivity contribution in [2.24, 2.45) is 0 Å². The molecule has 1 amide bonds. The summed E-state index contributed by atoms with van der Waals surface area (Å²) in [7, 11) is -3.59. The molecule has 0 unspecified atom stereocenters. The predicted molar refractivity (Wildman–Crippen MR) is 145 cm³/mol. The minimum Gasteiger partial charge on any atom is -0.479 e. The Morgan fingerprint density at radius 2 is 1.95 bits per heavy atom. The number of rotatable bonds is 6. The van der Waals surface area contributed by atoms with Gasteiger partial charge in [0.15, 0.2) is 20.6 Å². The number of aromatic nitrogens is 3. The highest BCUT2D eigenvalue weighted by Gasteiger charge is 2.29. The van der Waals surface area contributed by atoms with Gasteiger partial charge >= 0.3 is 0 Å². The first-order chi connectivity index (χ1) is 18.5. The second kappa shape index (κ2) is 10.4. The Bertz CT molecular complexity index is 1520. The lowest BCUT2D eigenvalue weighted by atomic mass is 9.94. The quantitative estimate of drug-likeness (QED) is 0.458. The largest absolute Gasteiger partial charge is 0.479 e. The average Bonchev–Trinajstić information content (AvgIpc) is 2.88. The van der Waals surface area contributed by atoms with Gasteiger partial charge in [-0.25, -0.2) is 23.4 Å². The van der Waals surface area contributed by atoms with E-state index in [-0.39, 0.29) is 16.9 Å². The number of fused-ring (bicyclic) bond motifs is 1. The van der Waals surface area contributed by atoms with Crippen molar-refractivity contribution in [1.82, 2.24) is 15.0 Å². The molecule has 2 N–H and O–H groups in total. The molecule has 5 rings (SSSR count). The van der Waals surface area contributed by atoms with Crippen LogP contribution in [0.1, 0.15) is 45.1 Å². The van der Waals surface area contributed by atoms with Crippen LogP contribution in [0.2, 0.25) is 0 Å². The fraction of sp³-hybridized carbons (Fsp3) is 0.407. The molecular formula is C27H31N5O6S. The Balaban J connectivity index is 1.57. The third kappa shape index (κ3) is 6.28. The van der Waals surface area contributed by atoms with Crippen LogP contribution in [0.3, 0.4) is 0 Å². The van der Waals surface area contributed by atoms with Crippen molar-refractivity contribution in [2.45, 2.75) is 50.2 Å². The zero-order valence-corrected chi connectivity index (χ0v) is 23.1. The molecule has 0 spiro atoms. The van der Waals surface area contributed by atoms with Crippen LogP contribution in [0.4, 0.5) is 17.3 Å². The van der Waals surface area contributed by atoms with Gasteiger partial charge in [0.05, 0.1) is 18.0 Å². The first-order valence-electron chi connectivity index (χ1n) is 12.6. The molecule has 2 aliphatic rings. The Labute approximate surface area is 227 Å². The summed E-state index contributed by atoms with van der Waals surface area (Å²) in [4.78, 5) is 25.1. The molecule has 3 aromatic rings. The van der Waals surface area contributed by atoms with E-state index in [1.807, 2.05) is 19.9 Å². The lowest BCUT2D eigenvalue weighted by Crippen LogP contribution is -2.39. The first kappa shape index (κ1) is 26.8. The number of hydrogen-bond acceptors (Lipinski definition) is 10. The summed E-state index contributed by atoms with van der Waals surface area (Å²) >= 11 is 0. The Morgan fingerprint density at radius 1 is 1.13 bits per heavy atom. The van der Waals surface area contributed by atoms with Crippen molar-refractivity contribution in [2.75, 3.05) is 36.7 Å². The fourth-order valence-electron chi connectivity index (χ4n) is 4.50. The van der Waals surface area contributed by atoms with Crippen LogP contribution in [0.25, 0.3) is 11.3 Å². The summed E-state index contributed by atoms with van der Waals surface area (Å²) in [6.45, 7) is 6.80. The van der Waals surface area contributed by atoms with Crippen molar-refractivity contribution in [3.8, 4) is 22.9 Å². The molecule has 1 fully saturated rings. The van der Waals surface area contributed by atoms with Gasteiger partial charge in [0.1, 0.15) is 23.8 Å². The van der Waals surface area contributed by atoms with E-state index in [0.29, 0.717) is 60.0 Å². The van der Waals surface area contributed by atoms with E-state index >= 15 is 0 Å². The normalized spacial score (nSPS) is 18.3. The Hall–Kier alpha value is -3.77. The van der Waals surface area contributed by atoms with Crippen molar-refractivity contribution in [1.29, 1.82) is 0 Å². The molecule has 3 aromatic heterocycles. The summed E-state index contributed by atoms with van der Waals surface area (Å²) < 4.78 is 42.5. The number of carbonyl (C=O) groups excluding carboxylic acids is 1. The number of amides is 1. The maximum absolute atomic E-state index is 12.5. The van der Waals surface area contributed by atoms with Crippen LogP contribution in [0.15, 0.2) is 41.6 Å². The Morgan fingerprint density at radius 3 is 2.67 bits per heavy atom. The Kier molecular flexibility index (Phi) is 7.17. The lowest BCUT2D eigenvalue weighted by molar-refractivity contribution is -0.114. The third-order valence-corrected chi connectivity index (χ3v) is 7.32. The number of sulfone groups is 1. The first-order valence-corrected chi connectivity index (χ1v) is 14.5. The highest BCUT2D eigenvalue weighted by atomic mass is 32.2. The second-order valence-corrected chi connectivity index (χ2v) is 12.3. The van der Waals surface area contributed by atoms with E-state index < -0.39 is 15.4 Å². The zero-order valence-electron chi connectivity index (χ0n) is 22.3. The molecule has 2 aliphatic heterocycles. The van der Waals surface area contributed by atoms with Gasteiger partial charge in [-0.2, -0.15) is 0 Å². The fourth-order valence-corrected chi connectivity index (χ4v) is 5.11. The molecule has 0 aromatic carbocycles. The summed E-state index contributed by atoms with van der Waals surface area (Å²) in [5, 5.41) is 5.89. The number of nitrogens with one attached hydrogen (secondary N) is 2. The minimum atomic E-state index is -3.59. The van der Waals surface area contributed by atoms with Gasteiger partial charge in [-0.15, -0.1) is 0 Å². The van der Waals surface area contributed by atoms with E-state index in [0.717, 1.165) is 24.7 Å². The van der Waals surface area contributed by atoms with Gasteiger partial charge < -0.3 is 24.8 Å². The van der Waals surface area contributed by atoms with Gasteiger partial charge in [0.25, 0.3) is 5.88 Å². The number of anilines is 3. The minimum absolute atomic E-state index is 0.0363. The molecule has 5 heterocycles. The van der Waals surface area contributed by atoms with E-state index in [1.165, 1.54) is 6.92 Å². The van der Waals surface area contributed by atoms with Crippen LogP contribution < -0.4 is 20.1 Å². The van der Waals surface area contributed by atoms with E-state index in [9.17, 15) is 13.2 Å². The van der Waals surface area contributed by atoms with Crippen LogP contribution in [0.5, 0.6) is 11.6 Å². The smallest absolute Gasteiger partial charge is 0.257 e. The molecule has 1 atom stereocenters. The molecule has 12 heteroatoms. The molecule has 0 aliphatic carbocycles. The number of nitrogens with zero attached hydrogens (tertiary/aromatic N) is 3. The average molecular weight is 554 g/mol. The molecule has 39 heavy (non-hydrogen) atoms. The van der Waals surface area contributed by atoms with Crippen molar-refractivity contribution >= 4 is 33.1 Å². The van der Waals surface area contributed by atoms with Crippen molar-refractivity contribution in [3.63, 3.8) is 0 Å². The number of hydrogen-bond donors (Lipinski definition) is 2. The van der Waals surface area contributed by atoms with Crippen molar-refractivity contribution < 1.29 is 27.4 Å². The van der Waals surface area contributed by atoms with Gasteiger partial charge in [0, 0.05) is 43.5 Å². The molecular weight excluding hydrogens is 522 g/mol. The van der Waals surface area contributed by atoms with Crippen LogP contribution in [0, 0.1) is 0 Å². The van der Waals surface area contributed by atoms with E-state index in [4.69, 9.17) is 14.2 Å². The maximum Gasteiger partial charge on any atom is 0.257 e. The zero-order chi connectivity index (χ0) is 27.8. The van der Waals surface area contributed by atoms with Crippen molar-refractivity contribution in [3.05, 3.63) is 42.1 Å². The maximum atomic E-state index is 12.5. The van der Waals surface area contributed by atoms with E-state index in [2.05, 4.69) is 25.6 Å². The van der Waals surface area contributed by atoms with Crippen LogP contribution in [-0.4, -0.2) is 61.0 Å². The molecule has 0 saturated carbocycles. The predicted octanol–water partition coefficient (Wildman–Crippen LogP) is 4.09. The van der Waals surface area contributed by atoms with Gasteiger partial charge in [-0.3, -0.25) is 4.79 Å². The van der Waals surface area contributed by atoms with Gasteiger partial charge in [-0.1, -0.05) is 0 Å². The number of ether oxygens (including phenoxy) is 3. The summed E-state index contributed by atoms with van der Waals surface area (Å²) in [5.41, 5.74) is 2.01. The van der Waals surface area contributed by atoms with Gasteiger partial charge in [0.2, 0.25) is 5.91 Å². The number of pyridine rings is 3. The summed E-state index contributed by atoms with van der Waals surface area (Å²) in [6.07, 6.45) is 4.49. The molecule has 0 radical (unpaired) electrons. The SMILES string of the molecule is CC(=O)Nc1cc(Nc2cc([C@H]3CCCOC3)cc(S(C)(=O)=O)n2)c(-c2ccc3c(n2)OCC(C)(C)O3)cn1. The van der Waals surface area contributed by atoms with Crippen LogP contribution >= 0.6 is 0 Å². The highest BCUT2D eigenvalue weighted by Crippen LogP contribution is 2.38. The molecule has 11 nitrogen and oxygen atoms in total. The third-order valence-electron chi connectivity index (χ3n) is 6.35. The summed E-state index contributed by atoms with van der Waals surface area (Å²) in [5.74, 6) is 1.32.